The summed E-state index contributed by atoms with van der Waals surface area (Å²) in [6.07, 6.45) is 10.4. The maximum atomic E-state index is 4.51. The van der Waals surface area contributed by atoms with Gasteiger partial charge in [-0.1, -0.05) is 19.1 Å². The Kier molecular flexibility index (Phi) is 8.36. The summed E-state index contributed by atoms with van der Waals surface area (Å²) >= 11 is 0. The first kappa shape index (κ1) is 22.6. The number of hydrogen-bond acceptors (Lipinski definition) is 4. The summed E-state index contributed by atoms with van der Waals surface area (Å²) < 4.78 is 4.23. The maximum Gasteiger partial charge on any atom is 0.123 e. The molecule has 152 valence electrons. The highest BCUT2D eigenvalue weighted by Crippen LogP contribution is 2.21. The Hall–Kier alpha value is -2.70. The Morgan fingerprint density at radius 2 is 1.90 bits per heavy atom. The average Bonchev–Trinajstić information content (AvgIpc) is 3.36. The first-order valence-electron chi connectivity index (χ1n) is 9.12. The third-order valence-corrected chi connectivity index (χ3v) is 4.60. The number of nitrogens with zero attached hydrogens (tertiary/aromatic N) is 6. The molecule has 0 saturated heterocycles. The van der Waals surface area contributed by atoms with Crippen molar-refractivity contribution < 1.29 is 0 Å². The normalized spacial score (nSPS) is 11.9. The van der Waals surface area contributed by atoms with Crippen molar-refractivity contribution >= 4 is 41.9 Å². The van der Waals surface area contributed by atoms with Crippen molar-refractivity contribution in [1.82, 2.24) is 24.3 Å². The molecule has 6 nitrogen and oxygen atoms in total. The molecule has 0 N–H and O–H groups in total. The van der Waals surface area contributed by atoms with Crippen LogP contribution in [0.2, 0.25) is 0 Å². The molecular weight excluding hydrogens is 407 g/mol. The second kappa shape index (κ2) is 10.7. The first-order valence-corrected chi connectivity index (χ1v) is 9.12. The number of pyridine rings is 1. The molecule has 0 aliphatic rings. The molecule has 1 unspecified atom stereocenters. The monoisotopic (exact) mass is 430 g/mol. The topological polar surface area (TPSA) is 60.9 Å². The number of fused-ring (bicyclic) bond motifs is 1. The highest BCUT2D eigenvalue weighted by molar-refractivity contribution is 5.85. The van der Waals surface area contributed by atoms with Crippen LogP contribution in [0.15, 0.2) is 72.5 Å². The van der Waals surface area contributed by atoms with Gasteiger partial charge in [0.2, 0.25) is 0 Å². The zero-order valence-corrected chi connectivity index (χ0v) is 17.8. The van der Waals surface area contributed by atoms with Crippen molar-refractivity contribution in [2.24, 2.45) is 10.9 Å². The third-order valence-electron chi connectivity index (χ3n) is 4.60. The van der Waals surface area contributed by atoms with Crippen LogP contribution in [0.4, 0.5) is 0 Å². The Balaban J connectivity index is 0.00000150. The first-order chi connectivity index (χ1) is 13.3. The van der Waals surface area contributed by atoms with Crippen molar-refractivity contribution in [1.29, 1.82) is 0 Å². The Labute approximate surface area is 182 Å². The van der Waals surface area contributed by atoms with Crippen LogP contribution in [0.25, 0.3) is 16.6 Å². The number of aliphatic imine (C=N–C) groups is 1. The van der Waals surface area contributed by atoms with Crippen LogP contribution in [0.5, 0.6) is 0 Å². The molecule has 0 radical (unpaired) electrons. The molecule has 8 heteroatoms. The zero-order chi connectivity index (χ0) is 18.5. The van der Waals surface area contributed by atoms with E-state index in [-0.39, 0.29) is 24.8 Å². The van der Waals surface area contributed by atoms with Gasteiger partial charge in [0.15, 0.2) is 0 Å². The van der Waals surface area contributed by atoms with E-state index in [1.54, 1.807) is 18.9 Å². The average molecular weight is 431 g/mol. The molecule has 0 aliphatic carbocycles. The predicted octanol–water partition coefficient (Wildman–Crippen LogP) is 4.76. The van der Waals surface area contributed by atoms with Gasteiger partial charge in [-0.3, -0.25) is 14.5 Å². The lowest BCUT2D eigenvalue weighted by Crippen LogP contribution is -2.07. The van der Waals surface area contributed by atoms with Crippen LogP contribution in [0.1, 0.15) is 19.0 Å². The predicted molar refractivity (Wildman–Crippen MR) is 122 cm³/mol. The van der Waals surface area contributed by atoms with Gasteiger partial charge in [-0.05, 0) is 54.3 Å². The molecule has 4 aromatic rings. The lowest BCUT2D eigenvalue weighted by Gasteiger charge is -2.12. The smallest absolute Gasteiger partial charge is 0.123 e. The van der Waals surface area contributed by atoms with E-state index in [1.165, 1.54) is 10.9 Å². The van der Waals surface area contributed by atoms with E-state index < -0.39 is 0 Å². The summed E-state index contributed by atoms with van der Waals surface area (Å²) in [7, 11) is 0. The van der Waals surface area contributed by atoms with E-state index in [1.807, 2.05) is 29.0 Å². The summed E-state index contributed by atoms with van der Waals surface area (Å²) in [5, 5.41) is 9.01. The minimum Gasteiger partial charge on any atom is -0.347 e. The Morgan fingerprint density at radius 1 is 1.07 bits per heavy atom. The molecular formula is C21H24Cl2N6. The van der Waals surface area contributed by atoms with E-state index in [9.17, 15) is 0 Å². The summed E-state index contributed by atoms with van der Waals surface area (Å²) in [5.41, 5.74) is 3.29. The number of benzene rings is 1. The fourth-order valence-corrected chi connectivity index (χ4v) is 3.14. The van der Waals surface area contributed by atoms with Gasteiger partial charge in [0.1, 0.15) is 12.7 Å². The quantitative estimate of drug-likeness (QED) is 0.397. The fourth-order valence-electron chi connectivity index (χ4n) is 3.14. The highest BCUT2D eigenvalue weighted by atomic mass is 35.5. The van der Waals surface area contributed by atoms with Gasteiger partial charge in [-0.2, -0.15) is 0 Å². The zero-order valence-electron chi connectivity index (χ0n) is 16.1. The van der Waals surface area contributed by atoms with E-state index in [2.05, 4.69) is 62.1 Å². The maximum absolute atomic E-state index is 4.51. The molecule has 3 aromatic heterocycles. The van der Waals surface area contributed by atoms with Gasteiger partial charge in [-0.25, -0.2) is 0 Å². The molecule has 1 aromatic carbocycles. The summed E-state index contributed by atoms with van der Waals surface area (Å²) in [5.74, 6) is 0.492. The fraction of sp³-hybridized carbons (Fsp3) is 0.238. The van der Waals surface area contributed by atoms with Crippen LogP contribution >= 0.6 is 24.8 Å². The second-order valence-electron chi connectivity index (χ2n) is 6.77. The van der Waals surface area contributed by atoms with Gasteiger partial charge in [0.05, 0.1) is 23.4 Å². The van der Waals surface area contributed by atoms with Crippen molar-refractivity contribution in [2.45, 2.75) is 26.4 Å². The van der Waals surface area contributed by atoms with Gasteiger partial charge >= 0.3 is 0 Å². The van der Waals surface area contributed by atoms with Crippen LogP contribution in [0.3, 0.4) is 0 Å². The molecule has 29 heavy (non-hydrogen) atoms. The molecule has 0 bridgehead atoms. The largest absolute Gasteiger partial charge is 0.347 e. The molecule has 0 amide bonds. The van der Waals surface area contributed by atoms with Crippen LogP contribution in [-0.2, 0) is 13.1 Å². The third kappa shape index (κ3) is 5.65. The standard InChI is InChI=1S/C21H22N6.2ClH/c1-17(7-10-22-13-19-4-2-3-9-23-19)14-26-11-8-18-5-6-20(12-21(18)26)27-15-24-25-16-27;;/h2-6,8-12,15-17H,7,13-14H2,1H3;2*1H. The van der Waals surface area contributed by atoms with E-state index in [4.69, 9.17) is 0 Å². The Morgan fingerprint density at radius 3 is 2.66 bits per heavy atom. The molecule has 1 atom stereocenters. The SMILES string of the molecule is CC(CC=NCc1ccccn1)Cn1ccc2ccc(-n3cnnc3)cc21.Cl.Cl. The molecule has 3 heterocycles. The van der Waals surface area contributed by atoms with Crippen molar-refractivity contribution in [2.75, 3.05) is 0 Å². The van der Waals surface area contributed by atoms with Gasteiger partial charge in [-0.15, -0.1) is 35.0 Å². The molecule has 0 spiro atoms. The summed E-state index contributed by atoms with van der Waals surface area (Å²) in [6, 6.07) is 14.5. The number of aromatic nitrogens is 5. The van der Waals surface area contributed by atoms with Crippen LogP contribution in [-0.4, -0.2) is 30.5 Å². The van der Waals surface area contributed by atoms with Gasteiger partial charge < -0.3 is 4.57 Å². The molecule has 0 fully saturated rings. The summed E-state index contributed by atoms with van der Waals surface area (Å²) in [6.45, 7) is 3.84. The van der Waals surface area contributed by atoms with Gasteiger partial charge in [0, 0.05) is 18.9 Å². The van der Waals surface area contributed by atoms with Crippen molar-refractivity contribution in [3.05, 3.63) is 73.2 Å². The minimum absolute atomic E-state index is 0. The second-order valence-corrected chi connectivity index (χ2v) is 6.77. The summed E-state index contributed by atoms with van der Waals surface area (Å²) in [4.78, 5) is 8.80. The van der Waals surface area contributed by atoms with Crippen molar-refractivity contribution in [3.63, 3.8) is 0 Å². The number of halogens is 2. The van der Waals surface area contributed by atoms with Crippen LogP contribution < -0.4 is 0 Å². The molecule has 4 rings (SSSR count). The van der Waals surface area contributed by atoms with Crippen LogP contribution in [0, 0.1) is 5.92 Å². The van der Waals surface area contributed by atoms with Gasteiger partial charge in [0.25, 0.3) is 0 Å². The lowest BCUT2D eigenvalue weighted by atomic mass is 10.1. The number of rotatable bonds is 7. The molecule has 0 saturated carbocycles. The number of hydrogen-bond donors (Lipinski definition) is 0. The lowest BCUT2D eigenvalue weighted by molar-refractivity contribution is 0.511. The van der Waals surface area contributed by atoms with E-state index >= 15 is 0 Å². The van der Waals surface area contributed by atoms with E-state index in [0.717, 1.165) is 24.3 Å². The van der Waals surface area contributed by atoms with E-state index in [0.29, 0.717) is 12.5 Å². The Bertz CT molecular complexity index is 1030. The van der Waals surface area contributed by atoms with Crippen molar-refractivity contribution in [3.8, 4) is 5.69 Å². The molecule has 0 aliphatic heterocycles. The highest BCUT2D eigenvalue weighted by Gasteiger charge is 2.07. The minimum atomic E-state index is 0.